The molecule has 7 heteroatoms. The SMILES string of the molecule is CC(CC(=O)O)S(=O)(=O)Cc1ccc(Cl)cc1F. The predicted octanol–water partition coefficient (Wildman–Crippen LogP) is 2.26. The van der Waals surface area contributed by atoms with Crippen LogP contribution >= 0.6 is 11.6 Å². The fourth-order valence-electron chi connectivity index (χ4n) is 1.37. The summed E-state index contributed by atoms with van der Waals surface area (Å²) < 4.78 is 37.1. The van der Waals surface area contributed by atoms with E-state index in [4.69, 9.17) is 16.7 Å². The standard InChI is InChI=1S/C11H12ClFO4S/c1-7(4-11(14)15)18(16,17)6-8-2-3-9(12)5-10(8)13/h2-3,5,7H,4,6H2,1H3,(H,14,15). The molecule has 0 heterocycles. The van der Waals surface area contributed by atoms with Crippen molar-refractivity contribution in [2.75, 3.05) is 0 Å². The van der Waals surface area contributed by atoms with Gasteiger partial charge in [-0.3, -0.25) is 4.79 Å². The number of carbonyl (C=O) groups is 1. The Morgan fingerprint density at radius 2 is 2.11 bits per heavy atom. The van der Waals surface area contributed by atoms with Gasteiger partial charge in [0.15, 0.2) is 9.84 Å². The van der Waals surface area contributed by atoms with Crippen LogP contribution in [-0.2, 0) is 20.4 Å². The van der Waals surface area contributed by atoms with Crippen LogP contribution in [0.25, 0.3) is 0 Å². The first-order valence-corrected chi connectivity index (χ1v) is 7.19. The average Bonchev–Trinajstić information content (AvgIpc) is 2.21. The van der Waals surface area contributed by atoms with Crippen LogP contribution in [0.3, 0.4) is 0 Å². The van der Waals surface area contributed by atoms with Crippen LogP contribution in [0.5, 0.6) is 0 Å². The Kier molecular flexibility index (Phi) is 4.70. The number of halogens is 2. The number of benzene rings is 1. The molecule has 0 spiro atoms. The fraction of sp³-hybridized carbons (Fsp3) is 0.364. The minimum Gasteiger partial charge on any atom is -0.481 e. The molecule has 1 aromatic rings. The Labute approximate surface area is 109 Å². The van der Waals surface area contributed by atoms with Crippen LogP contribution in [0.4, 0.5) is 4.39 Å². The highest BCUT2D eigenvalue weighted by atomic mass is 35.5. The third-order valence-electron chi connectivity index (χ3n) is 2.45. The zero-order valence-electron chi connectivity index (χ0n) is 9.56. The quantitative estimate of drug-likeness (QED) is 0.904. The van der Waals surface area contributed by atoms with E-state index in [1.807, 2.05) is 0 Å². The Morgan fingerprint density at radius 3 is 2.61 bits per heavy atom. The molecule has 0 aliphatic carbocycles. The third kappa shape index (κ3) is 3.96. The molecule has 0 aromatic heterocycles. The highest BCUT2D eigenvalue weighted by Crippen LogP contribution is 2.19. The van der Waals surface area contributed by atoms with Gasteiger partial charge in [-0.15, -0.1) is 0 Å². The summed E-state index contributed by atoms with van der Waals surface area (Å²) in [6, 6.07) is 3.69. The smallest absolute Gasteiger partial charge is 0.304 e. The van der Waals surface area contributed by atoms with Gasteiger partial charge < -0.3 is 5.11 Å². The van der Waals surface area contributed by atoms with E-state index in [2.05, 4.69) is 0 Å². The van der Waals surface area contributed by atoms with E-state index in [9.17, 15) is 17.6 Å². The molecule has 0 saturated carbocycles. The lowest BCUT2D eigenvalue weighted by Crippen LogP contribution is -2.23. The summed E-state index contributed by atoms with van der Waals surface area (Å²) in [7, 11) is -3.71. The maximum atomic E-state index is 13.4. The van der Waals surface area contributed by atoms with E-state index in [1.54, 1.807) is 0 Å². The largest absolute Gasteiger partial charge is 0.481 e. The van der Waals surface area contributed by atoms with Gasteiger partial charge in [-0.1, -0.05) is 17.7 Å². The van der Waals surface area contributed by atoms with E-state index in [0.29, 0.717) is 0 Å². The topological polar surface area (TPSA) is 71.4 Å². The molecule has 18 heavy (non-hydrogen) atoms. The molecule has 1 N–H and O–H groups in total. The predicted molar refractivity (Wildman–Crippen MR) is 65.7 cm³/mol. The monoisotopic (exact) mass is 294 g/mol. The normalized spacial score (nSPS) is 13.3. The molecule has 4 nitrogen and oxygen atoms in total. The summed E-state index contributed by atoms with van der Waals surface area (Å²) in [5.41, 5.74) is -0.0170. The summed E-state index contributed by atoms with van der Waals surface area (Å²) in [4.78, 5) is 10.5. The van der Waals surface area contributed by atoms with Gasteiger partial charge in [0.05, 0.1) is 17.4 Å². The van der Waals surface area contributed by atoms with Crippen LogP contribution < -0.4 is 0 Å². The van der Waals surface area contributed by atoms with Gasteiger partial charge in [0.1, 0.15) is 5.82 Å². The number of carboxylic acids is 1. The van der Waals surface area contributed by atoms with Crippen LogP contribution in [-0.4, -0.2) is 24.7 Å². The number of hydrogen-bond donors (Lipinski definition) is 1. The summed E-state index contributed by atoms with van der Waals surface area (Å²) in [5, 5.41) is 7.66. The summed E-state index contributed by atoms with van der Waals surface area (Å²) >= 11 is 5.55. The molecule has 0 bridgehead atoms. The Bertz CT molecular complexity index is 556. The molecular formula is C11H12ClFO4S. The van der Waals surface area contributed by atoms with Crippen molar-refractivity contribution < 1.29 is 22.7 Å². The maximum Gasteiger partial charge on any atom is 0.304 e. The second-order valence-corrected chi connectivity index (χ2v) is 6.81. The first kappa shape index (κ1) is 14.9. The maximum absolute atomic E-state index is 13.4. The Morgan fingerprint density at radius 1 is 1.50 bits per heavy atom. The molecule has 1 aromatic carbocycles. The van der Waals surface area contributed by atoms with Crippen molar-refractivity contribution in [3.05, 3.63) is 34.6 Å². The summed E-state index contributed by atoms with van der Waals surface area (Å²) in [5.74, 6) is -2.46. The van der Waals surface area contributed by atoms with E-state index < -0.39 is 39.0 Å². The van der Waals surface area contributed by atoms with Gasteiger partial charge in [0, 0.05) is 10.6 Å². The minimum absolute atomic E-state index is 0.0170. The van der Waals surface area contributed by atoms with Gasteiger partial charge >= 0.3 is 5.97 Å². The number of hydrogen-bond acceptors (Lipinski definition) is 3. The second kappa shape index (κ2) is 5.67. The van der Waals surface area contributed by atoms with E-state index >= 15 is 0 Å². The molecule has 0 saturated heterocycles. The first-order chi connectivity index (χ1) is 8.22. The van der Waals surface area contributed by atoms with Crippen LogP contribution in [0, 0.1) is 5.82 Å². The number of carboxylic acid groups (broad SMARTS) is 1. The highest BCUT2D eigenvalue weighted by Gasteiger charge is 2.24. The Balaban J connectivity index is 2.92. The van der Waals surface area contributed by atoms with Crippen LogP contribution in [0.15, 0.2) is 18.2 Å². The van der Waals surface area contributed by atoms with Crippen molar-refractivity contribution in [3.63, 3.8) is 0 Å². The minimum atomic E-state index is -3.71. The summed E-state index contributed by atoms with van der Waals surface area (Å²) in [6.07, 6.45) is -0.502. The van der Waals surface area contributed by atoms with Crippen LogP contribution in [0.1, 0.15) is 18.9 Å². The molecule has 100 valence electrons. The molecule has 0 amide bonds. The van der Waals surface area contributed by atoms with E-state index in [1.165, 1.54) is 19.1 Å². The lowest BCUT2D eigenvalue weighted by Gasteiger charge is -2.11. The Hall–Kier alpha value is -1.14. The third-order valence-corrected chi connectivity index (χ3v) is 4.79. The number of sulfone groups is 1. The molecule has 0 aliphatic heterocycles. The van der Waals surface area contributed by atoms with E-state index in [-0.39, 0.29) is 10.6 Å². The second-order valence-electron chi connectivity index (χ2n) is 3.95. The molecule has 1 rings (SSSR count). The van der Waals surface area contributed by atoms with Crippen molar-refractivity contribution in [1.82, 2.24) is 0 Å². The lowest BCUT2D eigenvalue weighted by atomic mass is 10.2. The van der Waals surface area contributed by atoms with Gasteiger partial charge in [0.25, 0.3) is 0 Å². The molecule has 1 atom stereocenters. The van der Waals surface area contributed by atoms with Crippen molar-refractivity contribution in [1.29, 1.82) is 0 Å². The van der Waals surface area contributed by atoms with Crippen molar-refractivity contribution in [2.24, 2.45) is 0 Å². The number of rotatable bonds is 5. The van der Waals surface area contributed by atoms with Gasteiger partial charge in [0.2, 0.25) is 0 Å². The molecule has 0 aliphatic rings. The molecular weight excluding hydrogens is 283 g/mol. The van der Waals surface area contributed by atoms with Gasteiger partial charge in [-0.2, -0.15) is 0 Å². The van der Waals surface area contributed by atoms with Crippen LogP contribution in [0.2, 0.25) is 5.02 Å². The van der Waals surface area contributed by atoms with Gasteiger partial charge in [-0.05, 0) is 19.1 Å². The lowest BCUT2D eigenvalue weighted by molar-refractivity contribution is -0.136. The molecule has 1 unspecified atom stereocenters. The highest BCUT2D eigenvalue weighted by molar-refractivity contribution is 7.91. The molecule has 0 radical (unpaired) electrons. The van der Waals surface area contributed by atoms with E-state index in [0.717, 1.165) is 6.07 Å². The van der Waals surface area contributed by atoms with Crippen molar-refractivity contribution in [3.8, 4) is 0 Å². The fourth-order valence-corrected chi connectivity index (χ4v) is 2.88. The zero-order valence-corrected chi connectivity index (χ0v) is 11.1. The first-order valence-electron chi connectivity index (χ1n) is 5.09. The van der Waals surface area contributed by atoms with Gasteiger partial charge in [-0.25, -0.2) is 12.8 Å². The summed E-state index contributed by atoms with van der Waals surface area (Å²) in [6.45, 7) is 1.29. The van der Waals surface area contributed by atoms with Crippen molar-refractivity contribution in [2.45, 2.75) is 24.3 Å². The zero-order chi connectivity index (χ0) is 13.9. The van der Waals surface area contributed by atoms with Crippen molar-refractivity contribution >= 4 is 27.4 Å². The molecule has 0 fully saturated rings. The average molecular weight is 295 g/mol. The number of aliphatic carboxylic acids is 1.